The molecule has 0 amide bonds. The first kappa shape index (κ1) is 10.4. The molecule has 0 radical (unpaired) electrons. The topological polar surface area (TPSA) is 35.5 Å². The minimum Gasteiger partial charge on any atom is -0.396 e. The highest BCUT2D eigenvalue weighted by Gasteiger charge is 2.25. The Balaban J connectivity index is 1.88. The highest BCUT2D eigenvalue weighted by Crippen LogP contribution is 2.19. The first-order chi connectivity index (χ1) is 6.90. The van der Waals surface area contributed by atoms with Gasteiger partial charge in [-0.3, -0.25) is 4.90 Å². The van der Waals surface area contributed by atoms with E-state index in [2.05, 4.69) is 10.2 Å². The molecule has 3 nitrogen and oxygen atoms in total. The molecule has 0 spiro atoms. The molecule has 0 aromatic rings. The molecule has 0 bridgehead atoms. The second-order valence-electron chi connectivity index (χ2n) is 4.69. The van der Waals surface area contributed by atoms with Gasteiger partial charge in [0.25, 0.3) is 0 Å². The zero-order chi connectivity index (χ0) is 9.80. The number of likely N-dealkylation sites (tertiary alicyclic amines) is 1. The van der Waals surface area contributed by atoms with Crippen molar-refractivity contribution in [2.75, 3.05) is 32.8 Å². The van der Waals surface area contributed by atoms with Gasteiger partial charge in [0, 0.05) is 25.7 Å². The van der Waals surface area contributed by atoms with E-state index in [0.717, 1.165) is 19.1 Å². The highest BCUT2D eigenvalue weighted by atomic mass is 16.3. The van der Waals surface area contributed by atoms with Crippen LogP contribution < -0.4 is 5.32 Å². The van der Waals surface area contributed by atoms with Crippen molar-refractivity contribution < 1.29 is 5.11 Å². The fourth-order valence-electron chi connectivity index (χ4n) is 2.69. The second-order valence-corrected chi connectivity index (χ2v) is 4.69. The Labute approximate surface area is 86.5 Å². The molecule has 2 rings (SSSR count). The van der Waals surface area contributed by atoms with Gasteiger partial charge in [-0.15, -0.1) is 0 Å². The quantitative estimate of drug-likeness (QED) is 0.676. The summed E-state index contributed by atoms with van der Waals surface area (Å²) in [6, 6.07) is 0.738. The lowest BCUT2D eigenvalue weighted by atomic mass is 10.0. The van der Waals surface area contributed by atoms with Crippen LogP contribution in [0.15, 0.2) is 0 Å². The fourth-order valence-corrected chi connectivity index (χ4v) is 2.69. The molecular weight excluding hydrogens is 176 g/mol. The van der Waals surface area contributed by atoms with E-state index in [1.165, 1.54) is 38.8 Å². The van der Waals surface area contributed by atoms with Crippen LogP contribution in [0.25, 0.3) is 0 Å². The van der Waals surface area contributed by atoms with Crippen molar-refractivity contribution in [3.8, 4) is 0 Å². The zero-order valence-corrected chi connectivity index (χ0v) is 8.91. The zero-order valence-electron chi connectivity index (χ0n) is 8.91. The van der Waals surface area contributed by atoms with Crippen LogP contribution in [-0.4, -0.2) is 48.8 Å². The summed E-state index contributed by atoms with van der Waals surface area (Å²) in [6.45, 7) is 5.05. The van der Waals surface area contributed by atoms with Gasteiger partial charge in [-0.1, -0.05) is 6.42 Å². The molecule has 2 saturated heterocycles. The number of aliphatic hydroxyl groups is 1. The lowest BCUT2D eigenvalue weighted by Gasteiger charge is -2.28. The maximum atomic E-state index is 9.23. The Hall–Kier alpha value is -0.120. The van der Waals surface area contributed by atoms with Crippen molar-refractivity contribution in [3.63, 3.8) is 0 Å². The first-order valence-electron chi connectivity index (χ1n) is 5.96. The Kier molecular flexibility index (Phi) is 3.79. The third kappa shape index (κ3) is 2.47. The van der Waals surface area contributed by atoms with Crippen molar-refractivity contribution in [2.24, 2.45) is 5.92 Å². The van der Waals surface area contributed by atoms with Crippen LogP contribution in [0.5, 0.6) is 0 Å². The van der Waals surface area contributed by atoms with Gasteiger partial charge < -0.3 is 10.4 Å². The van der Waals surface area contributed by atoms with Crippen LogP contribution in [0.3, 0.4) is 0 Å². The minimum absolute atomic E-state index is 0.372. The van der Waals surface area contributed by atoms with Crippen molar-refractivity contribution in [2.45, 2.75) is 31.7 Å². The molecule has 0 aromatic carbocycles. The molecule has 2 atom stereocenters. The van der Waals surface area contributed by atoms with Crippen LogP contribution in [-0.2, 0) is 0 Å². The lowest BCUT2D eigenvalue weighted by Crippen LogP contribution is -2.40. The number of nitrogens with one attached hydrogen (secondary N) is 1. The van der Waals surface area contributed by atoms with Gasteiger partial charge in [0.2, 0.25) is 0 Å². The monoisotopic (exact) mass is 198 g/mol. The number of hydrogen-bond donors (Lipinski definition) is 2. The Morgan fingerprint density at radius 2 is 2.21 bits per heavy atom. The van der Waals surface area contributed by atoms with Crippen molar-refractivity contribution in [1.29, 1.82) is 0 Å². The van der Waals surface area contributed by atoms with Gasteiger partial charge >= 0.3 is 0 Å². The number of rotatable bonds is 2. The SMILES string of the molecule is OCC1CCCCN(C2CCNC2)C1. The number of hydrogen-bond acceptors (Lipinski definition) is 3. The van der Waals surface area contributed by atoms with Crippen LogP contribution in [0.1, 0.15) is 25.7 Å². The minimum atomic E-state index is 0.372. The van der Waals surface area contributed by atoms with Gasteiger partial charge in [0.05, 0.1) is 0 Å². The predicted molar refractivity (Wildman–Crippen MR) is 57.3 cm³/mol. The largest absolute Gasteiger partial charge is 0.396 e. The molecule has 0 aromatic heterocycles. The van der Waals surface area contributed by atoms with E-state index < -0.39 is 0 Å². The molecule has 2 N–H and O–H groups in total. The molecule has 2 aliphatic rings. The standard InChI is InChI=1S/C11H22N2O/c14-9-10-3-1-2-6-13(8-10)11-4-5-12-7-11/h10-12,14H,1-9H2. The van der Waals surface area contributed by atoms with E-state index in [1.807, 2.05) is 0 Å². The average Bonchev–Trinajstić information content (AvgIpc) is 2.63. The molecule has 3 heteroatoms. The van der Waals surface area contributed by atoms with E-state index in [0.29, 0.717) is 12.5 Å². The molecule has 2 heterocycles. The summed E-state index contributed by atoms with van der Waals surface area (Å²) >= 11 is 0. The summed E-state index contributed by atoms with van der Waals surface area (Å²) in [5.41, 5.74) is 0. The lowest BCUT2D eigenvalue weighted by molar-refractivity contribution is 0.146. The van der Waals surface area contributed by atoms with Crippen molar-refractivity contribution in [1.82, 2.24) is 10.2 Å². The summed E-state index contributed by atoms with van der Waals surface area (Å²) < 4.78 is 0. The maximum Gasteiger partial charge on any atom is 0.0471 e. The van der Waals surface area contributed by atoms with E-state index >= 15 is 0 Å². The summed E-state index contributed by atoms with van der Waals surface area (Å²) in [4.78, 5) is 2.59. The van der Waals surface area contributed by atoms with Gasteiger partial charge in [-0.25, -0.2) is 0 Å². The fraction of sp³-hybridized carbons (Fsp3) is 1.00. The Morgan fingerprint density at radius 1 is 1.29 bits per heavy atom. The Morgan fingerprint density at radius 3 is 2.93 bits per heavy atom. The van der Waals surface area contributed by atoms with Crippen molar-refractivity contribution >= 4 is 0 Å². The molecule has 0 aliphatic carbocycles. The van der Waals surface area contributed by atoms with Gasteiger partial charge in [0.1, 0.15) is 0 Å². The average molecular weight is 198 g/mol. The predicted octanol–water partition coefficient (Wildman–Crippen LogP) is 0.443. The van der Waals surface area contributed by atoms with Gasteiger partial charge in [0.15, 0.2) is 0 Å². The highest BCUT2D eigenvalue weighted by molar-refractivity contribution is 4.83. The third-order valence-electron chi connectivity index (χ3n) is 3.61. The van der Waals surface area contributed by atoms with E-state index in [9.17, 15) is 5.11 Å². The Bertz CT molecular complexity index is 169. The van der Waals surface area contributed by atoms with Gasteiger partial charge in [-0.05, 0) is 38.3 Å². The third-order valence-corrected chi connectivity index (χ3v) is 3.61. The molecular formula is C11H22N2O. The summed E-state index contributed by atoms with van der Waals surface area (Å²) in [7, 11) is 0. The molecule has 0 saturated carbocycles. The number of aliphatic hydroxyl groups excluding tert-OH is 1. The van der Waals surface area contributed by atoms with E-state index in [4.69, 9.17) is 0 Å². The summed E-state index contributed by atoms with van der Waals surface area (Å²) in [5, 5.41) is 12.7. The molecule has 2 unspecified atom stereocenters. The van der Waals surface area contributed by atoms with Crippen LogP contribution >= 0.6 is 0 Å². The molecule has 2 fully saturated rings. The van der Waals surface area contributed by atoms with E-state index in [1.54, 1.807) is 0 Å². The van der Waals surface area contributed by atoms with E-state index in [-0.39, 0.29) is 0 Å². The van der Waals surface area contributed by atoms with Crippen molar-refractivity contribution in [3.05, 3.63) is 0 Å². The molecule has 2 aliphatic heterocycles. The molecule has 14 heavy (non-hydrogen) atoms. The summed E-state index contributed by atoms with van der Waals surface area (Å²) in [6.07, 6.45) is 5.11. The number of nitrogens with zero attached hydrogens (tertiary/aromatic N) is 1. The maximum absolute atomic E-state index is 9.23. The first-order valence-corrected chi connectivity index (χ1v) is 5.96. The summed E-state index contributed by atoms with van der Waals surface area (Å²) in [5.74, 6) is 0.526. The van der Waals surface area contributed by atoms with Crippen LogP contribution in [0, 0.1) is 5.92 Å². The van der Waals surface area contributed by atoms with Crippen LogP contribution in [0.4, 0.5) is 0 Å². The molecule has 82 valence electrons. The van der Waals surface area contributed by atoms with Gasteiger partial charge in [-0.2, -0.15) is 0 Å². The normalized spacial score (nSPS) is 35.8. The van der Waals surface area contributed by atoms with Crippen LogP contribution in [0.2, 0.25) is 0 Å². The smallest absolute Gasteiger partial charge is 0.0471 e. The second kappa shape index (κ2) is 5.10.